The van der Waals surface area contributed by atoms with Gasteiger partial charge in [0.2, 0.25) is 17.7 Å². The smallest absolute Gasteiger partial charge is 0.224 e. The molecule has 1 aromatic rings. The summed E-state index contributed by atoms with van der Waals surface area (Å²) >= 11 is 0. The first kappa shape index (κ1) is 14.2. The fourth-order valence-corrected chi connectivity index (χ4v) is 1.53. The average Bonchev–Trinajstić information content (AvgIpc) is 2.34. The molecule has 1 amide bonds. The van der Waals surface area contributed by atoms with E-state index in [1.165, 1.54) is 20.5 Å². The fourth-order valence-electron chi connectivity index (χ4n) is 1.53. The first-order valence-electron chi connectivity index (χ1n) is 5.52. The molecule has 1 aromatic heterocycles. The Kier molecular flexibility index (Phi) is 5.31. The van der Waals surface area contributed by atoms with Crippen LogP contribution in [-0.4, -0.2) is 36.1 Å². The molecule has 0 saturated heterocycles. The Balaban J connectivity index is 2.73. The number of hydrogen-bond acceptors (Lipinski definition) is 6. The highest BCUT2D eigenvalue weighted by Crippen LogP contribution is 2.23. The van der Waals surface area contributed by atoms with Crippen molar-refractivity contribution >= 4 is 5.91 Å². The number of primary amides is 1. The van der Waals surface area contributed by atoms with Gasteiger partial charge in [0.05, 0.1) is 19.8 Å². The van der Waals surface area contributed by atoms with Gasteiger partial charge in [-0.15, -0.1) is 0 Å². The number of aromatic nitrogens is 2. The van der Waals surface area contributed by atoms with Crippen LogP contribution in [-0.2, 0) is 11.3 Å². The number of ether oxygens (including phenoxy) is 2. The molecule has 0 aliphatic carbocycles. The molecular weight excluding hydrogens is 236 g/mol. The van der Waals surface area contributed by atoms with Crippen LogP contribution in [0, 0.1) is 0 Å². The zero-order valence-corrected chi connectivity index (χ0v) is 10.8. The zero-order chi connectivity index (χ0) is 13.5. The number of amides is 1. The van der Waals surface area contributed by atoms with Crippen LogP contribution in [0.4, 0.5) is 0 Å². The SMILES string of the molecule is COc1ncnc(OC)c1CNC(C)CC(N)=O. The molecule has 0 bridgehead atoms. The predicted molar refractivity (Wildman–Crippen MR) is 65.2 cm³/mol. The first-order chi connectivity index (χ1) is 8.58. The van der Waals surface area contributed by atoms with Crippen molar-refractivity contribution in [2.24, 2.45) is 5.73 Å². The van der Waals surface area contributed by atoms with Crippen LogP contribution in [0.2, 0.25) is 0 Å². The van der Waals surface area contributed by atoms with E-state index in [0.717, 1.165) is 0 Å². The Morgan fingerprint density at radius 2 is 1.94 bits per heavy atom. The monoisotopic (exact) mass is 254 g/mol. The third kappa shape index (κ3) is 3.85. The van der Waals surface area contributed by atoms with Gasteiger partial charge in [0.25, 0.3) is 0 Å². The molecule has 1 rings (SSSR count). The van der Waals surface area contributed by atoms with Gasteiger partial charge in [-0.2, -0.15) is 0 Å². The number of carbonyl (C=O) groups is 1. The lowest BCUT2D eigenvalue weighted by Crippen LogP contribution is -2.30. The summed E-state index contributed by atoms with van der Waals surface area (Å²) in [5, 5.41) is 3.14. The van der Waals surface area contributed by atoms with Gasteiger partial charge in [-0.25, -0.2) is 9.97 Å². The summed E-state index contributed by atoms with van der Waals surface area (Å²) in [5.74, 6) is 0.541. The van der Waals surface area contributed by atoms with Crippen molar-refractivity contribution < 1.29 is 14.3 Å². The maximum atomic E-state index is 10.8. The minimum Gasteiger partial charge on any atom is -0.481 e. The molecule has 0 saturated carbocycles. The minimum absolute atomic E-state index is 0.0443. The van der Waals surface area contributed by atoms with E-state index in [4.69, 9.17) is 15.2 Å². The average molecular weight is 254 g/mol. The van der Waals surface area contributed by atoms with Crippen molar-refractivity contribution in [2.75, 3.05) is 14.2 Å². The van der Waals surface area contributed by atoms with Crippen molar-refractivity contribution in [3.05, 3.63) is 11.9 Å². The van der Waals surface area contributed by atoms with E-state index in [0.29, 0.717) is 23.9 Å². The lowest BCUT2D eigenvalue weighted by Gasteiger charge is -2.15. The lowest BCUT2D eigenvalue weighted by molar-refractivity contribution is -0.118. The molecule has 1 unspecified atom stereocenters. The van der Waals surface area contributed by atoms with E-state index < -0.39 is 0 Å². The van der Waals surface area contributed by atoms with E-state index in [2.05, 4.69) is 15.3 Å². The van der Waals surface area contributed by atoms with E-state index in [1.54, 1.807) is 0 Å². The molecule has 0 spiro atoms. The number of nitrogens with one attached hydrogen (secondary N) is 1. The van der Waals surface area contributed by atoms with Crippen molar-refractivity contribution in [1.29, 1.82) is 0 Å². The summed E-state index contributed by atoms with van der Waals surface area (Å²) < 4.78 is 10.3. The van der Waals surface area contributed by atoms with Crippen LogP contribution in [0.25, 0.3) is 0 Å². The number of carbonyl (C=O) groups excluding carboxylic acids is 1. The Bertz CT molecular complexity index is 389. The molecule has 1 atom stereocenters. The third-order valence-corrected chi connectivity index (χ3v) is 2.39. The zero-order valence-electron chi connectivity index (χ0n) is 10.8. The highest BCUT2D eigenvalue weighted by molar-refractivity contribution is 5.74. The number of nitrogens with two attached hydrogens (primary N) is 1. The summed E-state index contributed by atoms with van der Waals surface area (Å²) in [6, 6.07) is -0.0443. The largest absolute Gasteiger partial charge is 0.481 e. The highest BCUT2D eigenvalue weighted by atomic mass is 16.5. The van der Waals surface area contributed by atoms with Crippen LogP contribution in [0.1, 0.15) is 18.9 Å². The van der Waals surface area contributed by atoms with Gasteiger partial charge in [-0.1, -0.05) is 0 Å². The molecule has 3 N–H and O–H groups in total. The third-order valence-electron chi connectivity index (χ3n) is 2.39. The van der Waals surface area contributed by atoms with Crippen LogP contribution in [0.15, 0.2) is 6.33 Å². The second-order valence-electron chi connectivity index (χ2n) is 3.82. The van der Waals surface area contributed by atoms with Gasteiger partial charge >= 0.3 is 0 Å². The number of nitrogens with zero attached hydrogens (tertiary/aromatic N) is 2. The molecule has 0 aliphatic heterocycles. The van der Waals surface area contributed by atoms with E-state index in [-0.39, 0.29) is 18.4 Å². The Labute approximate surface area is 106 Å². The maximum absolute atomic E-state index is 10.8. The normalized spacial score (nSPS) is 11.9. The second kappa shape index (κ2) is 6.75. The van der Waals surface area contributed by atoms with E-state index in [9.17, 15) is 4.79 Å². The number of hydrogen-bond donors (Lipinski definition) is 2. The number of rotatable bonds is 7. The molecule has 0 aromatic carbocycles. The van der Waals surface area contributed by atoms with Gasteiger partial charge in [-0.3, -0.25) is 4.79 Å². The standard InChI is InChI=1S/C11H18N4O3/c1-7(4-9(12)16)13-5-8-10(17-2)14-6-15-11(8)18-3/h6-7,13H,4-5H2,1-3H3,(H2,12,16). The Hall–Kier alpha value is -1.89. The first-order valence-corrected chi connectivity index (χ1v) is 5.52. The van der Waals surface area contributed by atoms with Crippen molar-refractivity contribution in [2.45, 2.75) is 25.9 Å². The van der Waals surface area contributed by atoms with Crippen molar-refractivity contribution in [3.8, 4) is 11.8 Å². The van der Waals surface area contributed by atoms with Crippen LogP contribution >= 0.6 is 0 Å². The fraction of sp³-hybridized carbons (Fsp3) is 0.545. The molecular formula is C11H18N4O3. The Morgan fingerprint density at radius 1 is 1.39 bits per heavy atom. The minimum atomic E-state index is -0.349. The van der Waals surface area contributed by atoms with Crippen molar-refractivity contribution in [1.82, 2.24) is 15.3 Å². The van der Waals surface area contributed by atoms with Gasteiger partial charge in [0.15, 0.2) is 0 Å². The predicted octanol–water partition coefficient (Wildman–Crippen LogP) is -0.153. The topological polar surface area (TPSA) is 99.4 Å². The molecule has 7 nitrogen and oxygen atoms in total. The lowest BCUT2D eigenvalue weighted by atomic mass is 10.2. The molecule has 100 valence electrons. The summed E-state index contributed by atoms with van der Waals surface area (Å²) in [6.07, 6.45) is 1.63. The molecule has 0 radical (unpaired) electrons. The second-order valence-corrected chi connectivity index (χ2v) is 3.82. The number of methoxy groups -OCH3 is 2. The molecule has 0 fully saturated rings. The van der Waals surface area contributed by atoms with Crippen LogP contribution in [0.5, 0.6) is 11.8 Å². The molecule has 0 aliphatic rings. The van der Waals surface area contributed by atoms with Gasteiger partial charge in [-0.05, 0) is 6.92 Å². The molecule has 18 heavy (non-hydrogen) atoms. The quantitative estimate of drug-likeness (QED) is 0.702. The summed E-state index contributed by atoms with van der Waals surface area (Å²) in [6.45, 7) is 2.30. The maximum Gasteiger partial charge on any atom is 0.224 e. The summed E-state index contributed by atoms with van der Waals surface area (Å²) in [4.78, 5) is 18.8. The highest BCUT2D eigenvalue weighted by Gasteiger charge is 2.14. The van der Waals surface area contributed by atoms with Gasteiger partial charge in [0, 0.05) is 19.0 Å². The van der Waals surface area contributed by atoms with Crippen molar-refractivity contribution in [3.63, 3.8) is 0 Å². The van der Waals surface area contributed by atoms with Gasteiger partial charge in [0.1, 0.15) is 6.33 Å². The van der Waals surface area contributed by atoms with E-state index in [1.807, 2.05) is 6.92 Å². The van der Waals surface area contributed by atoms with Gasteiger partial charge < -0.3 is 20.5 Å². The van der Waals surface area contributed by atoms with E-state index >= 15 is 0 Å². The summed E-state index contributed by atoms with van der Waals surface area (Å²) in [7, 11) is 3.05. The van der Waals surface area contributed by atoms with Crippen LogP contribution in [0.3, 0.4) is 0 Å². The molecule has 1 heterocycles. The summed E-state index contributed by atoms with van der Waals surface area (Å²) in [5.41, 5.74) is 5.83. The molecule has 7 heteroatoms. The Morgan fingerprint density at radius 3 is 2.39 bits per heavy atom. The van der Waals surface area contributed by atoms with Crippen LogP contribution < -0.4 is 20.5 Å².